The summed E-state index contributed by atoms with van der Waals surface area (Å²) in [4.78, 5) is 15.1. The van der Waals surface area contributed by atoms with E-state index in [0.717, 1.165) is 42.9 Å². The Hall–Kier alpha value is -2.60. The fourth-order valence-electron chi connectivity index (χ4n) is 3.84. The molecule has 30 heavy (non-hydrogen) atoms. The molecule has 0 aliphatic carbocycles. The lowest BCUT2D eigenvalue weighted by molar-refractivity contribution is -0.116. The van der Waals surface area contributed by atoms with Gasteiger partial charge in [-0.15, -0.1) is 0 Å². The Bertz CT molecular complexity index is 882. The summed E-state index contributed by atoms with van der Waals surface area (Å²) in [6.45, 7) is 1.99. The van der Waals surface area contributed by atoms with Crippen LogP contribution in [0.25, 0.3) is 0 Å². The Balaban J connectivity index is 1.72. The summed E-state index contributed by atoms with van der Waals surface area (Å²) < 4.78 is 16.3. The van der Waals surface area contributed by atoms with Gasteiger partial charge in [-0.2, -0.15) is 0 Å². The Morgan fingerprint density at radius 1 is 1.00 bits per heavy atom. The number of methoxy groups -OCH3 is 3. The van der Waals surface area contributed by atoms with Gasteiger partial charge < -0.3 is 24.4 Å². The van der Waals surface area contributed by atoms with Crippen LogP contribution in [0.2, 0.25) is 5.02 Å². The molecule has 0 aromatic heterocycles. The average Bonchev–Trinajstić information content (AvgIpc) is 2.77. The predicted octanol–water partition coefficient (Wildman–Crippen LogP) is 4.93. The zero-order valence-electron chi connectivity index (χ0n) is 17.8. The van der Waals surface area contributed by atoms with Gasteiger partial charge in [0.2, 0.25) is 11.7 Å². The molecule has 1 aliphatic rings. The van der Waals surface area contributed by atoms with E-state index < -0.39 is 0 Å². The first-order valence-corrected chi connectivity index (χ1v) is 10.6. The number of amides is 1. The summed E-state index contributed by atoms with van der Waals surface area (Å²) in [6, 6.07) is 9.39. The molecule has 1 fully saturated rings. The molecule has 162 valence electrons. The third-order valence-electron chi connectivity index (χ3n) is 5.34. The minimum Gasteiger partial charge on any atom is -0.493 e. The van der Waals surface area contributed by atoms with Gasteiger partial charge in [-0.25, -0.2) is 0 Å². The number of anilines is 2. The molecule has 6 nitrogen and oxygen atoms in total. The van der Waals surface area contributed by atoms with E-state index in [9.17, 15) is 4.79 Å². The number of carbonyl (C=O) groups is 1. The molecule has 0 unspecified atom stereocenters. The normalized spacial score (nSPS) is 13.7. The number of nitrogens with zero attached hydrogens (tertiary/aromatic N) is 1. The number of hydrogen-bond donors (Lipinski definition) is 1. The fraction of sp³-hybridized carbons (Fsp3) is 0.435. The zero-order chi connectivity index (χ0) is 21.5. The maximum Gasteiger partial charge on any atom is 0.224 e. The van der Waals surface area contributed by atoms with E-state index in [0.29, 0.717) is 35.1 Å². The number of benzene rings is 2. The summed E-state index contributed by atoms with van der Waals surface area (Å²) >= 11 is 6.20. The van der Waals surface area contributed by atoms with E-state index in [1.807, 2.05) is 30.3 Å². The number of carbonyl (C=O) groups excluding carboxylic acids is 1. The minimum atomic E-state index is -0.0765. The van der Waals surface area contributed by atoms with Gasteiger partial charge in [-0.1, -0.05) is 17.7 Å². The molecule has 1 N–H and O–H groups in total. The van der Waals surface area contributed by atoms with Crippen LogP contribution in [-0.2, 0) is 11.2 Å². The van der Waals surface area contributed by atoms with Gasteiger partial charge in [0.1, 0.15) is 0 Å². The summed E-state index contributed by atoms with van der Waals surface area (Å²) in [6.07, 6.45) is 4.38. The molecular formula is C23H29ClN2O4. The first kappa shape index (κ1) is 22.1. The van der Waals surface area contributed by atoms with Crippen LogP contribution in [0.1, 0.15) is 31.2 Å². The molecule has 0 bridgehead atoms. The molecule has 3 rings (SSSR count). The SMILES string of the molecule is COc1ccc(CCC(=O)Nc2cc(Cl)ccc2N2CCCCC2)c(OC)c1OC. The van der Waals surface area contributed by atoms with Gasteiger partial charge in [0.25, 0.3) is 0 Å². The van der Waals surface area contributed by atoms with Crippen LogP contribution < -0.4 is 24.4 Å². The fourth-order valence-corrected chi connectivity index (χ4v) is 4.01. The summed E-state index contributed by atoms with van der Waals surface area (Å²) in [5.74, 6) is 1.63. The Kier molecular flexibility index (Phi) is 7.69. The predicted molar refractivity (Wildman–Crippen MR) is 121 cm³/mol. The maximum atomic E-state index is 12.7. The van der Waals surface area contributed by atoms with Gasteiger partial charge in [0, 0.05) is 24.5 Å². The van der Waals surface area contributed by atoms with Crippen molar-refractivity contribution in [2.45, 2.75) is 32.1 Å². The third-order valence-corrected chi connectivity index (χ3v) is 5.57. The van der Waals surface area contributed by atoms with Gasteiger partial charge >= 0.3 is 0 Å². The van der Waals surface area contributed by atoms with Gasteiger partial charge in [-0.05, 0) is 55.5 Å². The van der Waals surface area contributed by atoms with E-state index in [-0.39, 0.29) is 5.91 Å². The van der Waals surface area contributed by atoms with Crippen LogP contribution in [0.5, 0.6) is 17.2 Å². The molecular weight excluding hydrogens is 404 g/mol. The molecule has 2 aromatic rings. The van der Waals surface area contributed by atoms with Crippen LogP contribution >= 0.6 is 11.6 Å². The summed E-state index contributed by atoms with van der Waals surface area (Å²) in [5, 5.41) is 3.65. The molecule has 7 heteroatoms. The van der Waals surface area contributed by atoms with Gasteiger partial charge in [-0.3, -0.25) is 4.79 Å². The Morgan fingerprint density at radius 3 is 2.40 bits per heavy atom. The second-order valence-electron chi connectivity index (χ2n) is 7.25. The molecule has 0 atom stereocenters. The van der Waals surface area contributed by atoms with Crippen molar-refractivity contribution in [3.63, 3.8) is 0 Å². The topological polar surface area (TPSA) is 60.0 Å². The average molecular weight is 433 g/mol. The van der Waals surface area contributed by atoms with E-state index in [1.165, 1.54) is 6.42 Å². The molecule has 0 radical (unpaired) electrons. The van der Waals surface area contributed by atoms with Gasteiger partial charge in [0.15, 0.2) is 11.5 Å². The third kappa shape index (κ3) is 5.11. The van der Waals surface area contributed by atoms with Crippen molar-refractivity contribution in [3.05, 3.63) is 40.9 Å². The van der Waals surface area contributed by atoms with Crippen molar-refractivity contribution in [1.82, 2.24) is 0 Å². The lowest BCUT2D eigenvalue weighted by Gasteiger charge is -2.30. The molecule has 1 amide bonds. The highest BCUT2D eigenvalue weighted by Crippen LogP contribution is 2.40. The number of rotatable bonds is 8. The quantitative estimate of drug-likeness (QED) is 0.641. The first-order chi connectivity index (χ1) is 14.6. The highest BCUT2D eigenvalue weighted by molar-refractivity contribution is 6.31. The number of piperidine rings is 1. The van der Waals surface area contributed by atoms with E-state index in [4.69, 9.17) is 25.8 Å². The standard InChI is InChI=1S/C23H29ClN2O4/c1-28-20-11-7-16(22(29-2)23(20)30-3)8-12-21(27)25-18-15-17(24)9-10-19(18)26-13-5-4-6-14-26/h7,9-11,15H,4-6,8,12-14H2,1-3H3,(H,25,27). The molecule has 0 spiro atoms. The minimum absolute atomic E-state index is 0.0765. The van der Waals surface area contributed by atoms with Crippen molar-refractivity contribution in [2.24, 2.45) is 0 Å². The Morgan fingerprint density at radius 2 is 1.73 bits per heavy atom. The molecule has 1 saturated heterocycles. The molecule has 1 aliphatic heterocycles. The van der Waals surface area contributed by atoms with Crippen LogP contribution in [-0.4, -0.2) is 40.3 Å². The van der Waals surface area contributed by atoms with E-state index in [2.05, 4.69) is 10.2 Å². The van der Waals surface area contributed by atoms with E-state index in [1.54, 1.807) is 21.3 Å². The monoisotopic (exact) mass is 432 g/mol. The molecule has 0 saturated carbocycles. The summed E-state index contributed by atoms with van der Waals surface area (Å²) in [7, 11) is 4.73. The van der Waals surface area contributed by atoms with Crippen molar-refractivity contribution >= 4 is 28.9 Å². The smallest absolute Gasteiger partial charge is 0.224 e. The zero-order valence-corrected chi connectivity index (χ0v) is 18.6. The van der Waals surface area contributed by atoms with Crippen LogP contribution in [0.4, 0.5) is 11.4 Å². The number of nitrogens with one attached hydrogen (secondary N) is 1. The number of hydrogen-bond acceptors (Lipinski definition) is 5. The molecule has 2 aromatic carbocycles. The lowest BCUT2D eigenvalue weighted by Crippen LogP contribution is -2.30. The first-order valence-electron chi connectivity index (χ1n) is 10.2. The number of aryl methyl sites for hydroxylation is 1. The second-order valence-corrected chi connectivity index (χ2v) is 7.69. The van der Waals surface area contributed by atoms with Gasteiger partial charge in [0.05, 0.1) is 32.7 Å². The summed E-state index contributed by atoms with van der Waals surface area (Å²) in [5.41, 5.74) is 2.66. The Labute approximate surface area is 183 Å². The number of halogens is 1. The van der Waals surface area contributed by atoms with Crippen LogP contribution in [0, 0.1) is 0 Å². The van der Waals surface area contributed by atoms with Crippen LogP contribution in [0.3, 0.4) is 0 Å². The van der Waals surface area contributed by atoms with Crippen LogP contribution in [0.15, 0.2) is 30.3 Å². The maximum absolute atomic E-state index is 12.7. The van der Waals surface area contributed by atoms with Crippen molar-refractivity contribution in [2.75, 3.05) is 44.6 Å². The molecule has 1 heterocycles. The van der Waals surface area contributed by atoms with Crippen molar-refractivity contribution in [1.29, 1.82) is 0 Å². The van der Waals surface area contributed by atoms with E-state index >= 15 is 0 Å². The second kappa shape index (κ2) is 10.4. The lowest BCUT2D eigenvalue weighted by atomic mass is 10.1. The van der Waals surface area contributed by atoms with Crippen molar-refractivity contribution in [3.8, 4) is 17.2 Å². The largest absolute Gasteiger partial charge is 0.493 e. The van der Waals surface area contributed by atoms with Crippen molar-refractivity contribution < 1.29 is 19.0 Å². The number of ether oxygens (including phenoxy) is 3. The highest BCUT2D eigenvalue weighted by atomic mass is 35.5. The highest BCUT2D eigenvalue weighted by Gasteiger charge is 2.18.